The van der Waals surface area contributed by atoms with Crippen LogP contribution in [0.15, 0.2) is 0 Å². The van der Waals surface area contributed by atoms with Gasteiger partial charge in [0, 0.05) is 0 Å². The van der Waals surface area contributed by atoms with Gasteiger partial charge in [0.2, 0.25) is 0 Å². The minimum absolute atomic E-state index is 0. The zero-order valence-electron chi connectivity index (χ0n) is 9.03. The van der Waals surface area contributed by atoms with Crippen LogP contribution < -0.4 is 51.4 Å². The molecule has 0 aromatic rings. The summed E-state index contributed by atoms with van der Waals surface area (Å²) >= 11 is -4.42. The van der Waals surface area contributed by atoms with E-state index < -0.39 is 35.5 Å². The molecule has 18 heavy (non-hydrogen) atoms. The summed E-state index contributed by atoms with van der Waals surface area (Å²) in [4.78, 5) is 0. The third-order valence-electron chi connectivity index (χ3n) is 1.29. The number of halogens is 9. The van der Waals surface area contributed by atoms with E-state index in [4.69, 9.17) is 0 Å². The van der Waals surface area contributed by atoms with Crippen LogP contribution in [0, 0.1) is 0 Å². The molecule has 3 nitrogen and oxygen atoms in total. The van der Waals surface area contributed by atoms with Gasteiger partial charge in [0.25, 0.3) is 0 Å². The van der Waals surface area contributed by atoms with Crippen LogP contribution in [0.2, 0.25) is 0 Å². The predicted molar refractivity (Wildman–Crippen MR) is 32.0 cm³/mol. The predicted octanol–water partition coefficient (Wildman–Crippen LogP) is -0.661. The summed E-state index contributed by atoms with van der Waals surface area (Å²) in [5, 5.41) is 0. The Balaban J connectivity index is -0.00000128. The first-order valence-electron chi connectivity index (χ1n) is 3.15. The Morgan fingerprint density at radius 1 is 0.889 bits per heavy atom. The Hall–Kier alpha value is 1.08. The average Bonchev–Trinajstić information content (AvgIpc) is 1.98. The van der Waals surface area contributed by atoms with Crippen molar-refractivity contribution in [3.63, 3.8) is 0 Å². The molecule has 106 valence electrons. The summed E-state index contributed by atoms with van der Waals surface area (Å²) < 4.78 is 128. The molecular weight excluding hydrogens is 338 g/mol. The van der Waals surface area contributed by atoms with Gasteiger partial charge >= 0.3 is 75.5 Å². The molecule has 14 heteroatoms. The Kier molecular flexibility index (Phi) is 7.40. The van der Waals surface area contributed by atoms with E-state index in [0.717, 1.165) is 0 Å². The minimum Gasteiger partial charge on any atom is -1.00 e. The van der Waals surface area contributed by atoms with Gasteiger partial charge in [0.1, 0.15) is 0 Å². The second kappa shape index (κ2) is 6.23. The number of alkyl halides is 9. The quantitative estimate of drug-likeness (QED) is 0.388. The Morgan fingerprint density at radius 3 is 1.44 bits per heavy atom. The van der Waals surface area contributed by atoms with Gasteiger partial charge in [-0.1, -0.05) is 0 Å². The van der Waals surface area contributed by atoms with E-state index in [0.29, 0.717) is 0 Å². The Labute approximate surface area is 139 Å². The standard InChI is InChI=1S/C4HF9O3S.K.H/c5-1(6,3(9,10)11)2(7,8)4(12,13)16-17(14)15;;/h(H,14,15);;/q;+1;-1/p-1. The van der Waals surface area contributed by atoms with E-state index in [1.165, 1.54) is 0 Å². The Bertz CT molecular complexity index is 321. The van der Waals surface area contributed by atoms with Crippen LogP contribution in [0.25, 0.3) is 0 Å². The van der Waals surface area contributed by atoms with Crippen molar-refractivity contribution in [3.05, 3.63) is 0 Å². The van der Waals surface area contributed by atoms with Crippen molar-refractivity contribution >= 4 is 11.4 Å². The summed E-state index contributed by atoms with van der Waals surface area (Å²) in [6.07, 6.45) is -13.6. The van der Waals surface area contributed by atoms with Crippen LogP contribution in [0.3, 0.4) is 0 Å². The van der Waals surface area contributed by atoms with E-state index in [1.807, 2.05) is 4.18 Å². The van der Waals surface area contributed by atoms with Crippen LogP contribution in [-0.4, -0.2) is 32.9 Å². The van der Waals surface area contributed by atoms with E-state index in [-0.39, 0.29) is 52.8 Å². The number of rotatable bonds is 4. The molecule has 0 radical (unpaired) electrons. The summed E-state index contributed by atoms with van der Waals surface area (Å²) in [5.41, 5.74) is 0. The maximum absolute atomic E-state index is 12.2. The molecule has 0 aliphatic carbocycles. The van der Waals surface area contributed by atoms with Crippen LogP contribution >= 0.6 is 0 Å². The van der Waals surface area contributed by atoms with Crippen LogP contribution in [0.4, 0.5) is 39.5 Å². The minimum atomic E-state index is -7.18. The van der Waals surface area contributed by atoms with Gasteiger partial charge < -0.3 is 5.98 Å². The second-order valence-electron chi connectivity index (χ2n) is 2.45. The van der Waals surface area contributed by atoms with E-state index >= 15 is 0 Å². The molecule has 0 N–H and O–H groups in total. The van der Waals surface area contributed by atoms with Crippen molar-refractivity contribution in [1.82, 2.24) is 0 Å². The van der Waals surface area contributed by atoms with Crippen molar-refractivity contribution in [2.45, 2.75) is 24.1 Å². The fourth-order valence-electron chi connectivity index (χ4n) is 0.499. The van der Waals surface area contributed by atoms with E-state index in [1.54, 1.807) is 0 Å². The topological polar surface area (TPSA) is 49.4 Å². The van der Waals surface area contributed by atoms with Crippen molar-refractivity contribution in [3.8, 4) is 0 Å². The summed E-state index contributed by atoms with van der Waals surface area (Å²) in [7, 11) is 0. The first-order chi connectivity index (χ1) is 7.17. The molecule has 0 aromatic carbocycles. The largest absolute Gasteiger partial charge is 1.00 e. The molecule has 0 spiro atoms. The maximum atomic E-state index is 12.2. The maximum Gasteiger partial charge on any atom is 1.00 e. The summed E-state index contributed by atoms with van der Waals surface area (Å²) in [5.74, 6) is -14.3. The smallest absolute Gasteiger partial charge is 1.00 e. The fourth-order valence-corrected chi connectivity index (χ4v) is 0.774. The molecule has 0 heterocycles. The SMILES string of the molecule is O=S([O-])OC(F)(F)C(F)(F)C(F)(F)C(F)(F)F.[H-].[K+]. The third kappa shape index (κ3) is 4.03. The van der Waals surface area contributed by atoms with Gasteiger partial charge in [0.05, 0.1) is 11.4 Å². The number of hydrogen-bond donors (Lipinski definition) is 0. The van der Waals surface area contributed by atoms with Crippen molar-refractivity contribution in [2.24, 2.45) is 0 Å². The molecule has 0 fully saturated rings. The summed E-state index contributed by atoms with van der Waals surface area (Å²) in [6, 6.07) is 0. The van der Waals surface area contributed by atoms with Crippen LogP contribution in [-0.2, 0) is 15.5 Å². The average molecular weight is 339 g/mol. The van der Waals surface area contributed by atoms with Gasteiger partial charge in [-0.05, 0) is 0 Å². The van der Waals surface area contributed by atoms with Gasteiger partial charge in [0.15, 0.2) is 0 Å². The summed E-state index contributed by atoms with van der Waals surface area (Å²) in [6.45, 7) is 0. The molecular formula is C4HF9KO3S-. The van der Waals surface area contributed by atoms with Gasteiger partial charge in [-0.15, -0.1) is 0 Å². The van der Waals surface area contributed by atoms with E-state index in [9.17, 15) is 48.3 Å². The van der Waals surface area contributed by atoms with Crippen molar-refractivity contribution in [2.75, 3.05) is 0 Å². The molecule has 0 aromatic heterocycles. The second-order valence-corrected chi connectivity index (χ2v) is 3.03. The molecule has 0 amide bonds. The molecule has 0 saturated carbocycles. The molecule has 0 rings (SSSR count). The first-order valence-corrected chi connectivity index (χ1v) is 4.15. The molecule has 1 unspecified atom stereocenters. The molecule has 0 aliphatic rings. The normalized spacial score (nSPS) is 16.1. The zero-order chi connectivity index (χ0) is 14.3. The molecule has 0 saturated heterocycles. The van der Waals surface area contributed by atoms with Crippen molar-refractivity contribution < 1.29 is 105 Å². The number of hydrogen-bond acceptors (Lipinski definition) is 3. The van der Waals surface area contributed by atoms with Crippen LogP contribution in [0.1, 0.15) is 1.43 Å². The van der Waals surface area contributed by atoms with Gasteiger partial charge in [-0.3, -0.25) is 0 Å². The third-order valence-corrected chi connectivity index (χ3v) is 1.63. The Morgan fingerprint density at radius 2 is 1.22 bits per heavy atom. The molecule has 0 bridgehead atoms. The zero-order valence-corrected chi connectivity index (χ0v) is 12.0. The molecule has 0 aliphatic heterocycles. The van der Waals surface area contributed by atoms with E-state index in [2.05, 4.69) is 0 Å². The fraction of sp³-hybridized carbons (Fsp3) is 1.00. The monoisotopic (exact) mass is 339 g/mol. The van der Waals surface area contributed by atoms with Crippen molar-refractivity contribution in [1.29, 1.82) is 0 Å². The van der Waals surface area contributed by atoms with Gasteiger partial charge in [-0.25, -0.2) is 8.39 Å². The first kappa shape index (κ1) is 21.4. The van der Waals surface area contributed by atoms with Crippen LogP contribution in [0.5, 0.6) is 0 Å². The molecule has 1 atom stereocenters. The van der Waals surface area contributed by atoms with Gasteiger partial charge in [-0.2, -0.15) is 39.5 Å².